The van der Waals surface area contributed by atoms with E-state index in [0.29, 0.717) is 18.9 Å². The number of hydrogen-bond donors (Lipinski definition) is 1. The summed E-state index contributed by atoms with van der Waals surface area (Å²) in [5.74, 6) is 0.620. The molecule has 2 aromatic carbocycles. The average Bonchev–Trinajstić information content (AvgIpc) is 3.40. The highest BCUT2D eigenvalue weighted by molar-refractivity contribution is 7.18. The van der Waals surface area contributed by atoms with E-state index in [1.165, 1.54) is 9.71 Å². The highest BCUT2D eigenvalue weighted by Crippen LogP contribution is 2.33. The van der Waals surface area contributed by atoms with Gasteiger partial charge in [-0.15, -0.1) is 11.3 Å². The number of thiazole rings is 1. The van der Waals surface area contributed by atoms with E-state index < -0.39 is 0 Å². The largest absolute Gasteiger partial charge is 0.325 e. The Morgan fingerprint density at radius 2 is 1.94 bits per heavy atom. The fraction of sp³-hybridized carbons (Fsp3) is 0.375. The Morgan fingerprint density at radius 3 is 2.71 bits per heavy atom. The zero-order valence-corrected chi connectivity index (χ0v) is 18.2. The minimum atomic E-state index is -0.0108. The van der Waals surface area contributed by atoms with Crippen LogP contribution in [0.5, 0.6) is 0 Å². The number of carbonyl (C=O) groups is 2. The highest BCUT2D eigenvalue weighted by atomic mass is 32.1. The maximum Gasteiger partial charge on any atom is 0.238 e. The third-order valence-corrected chi connectivity index (χ3v) is 7.33. The molecule has 0 atom stereocenters. The van der Waals surface area contributed by atoms with Crippen LogP contribution in [0, 0.1) is 0 Å². The molecule has 3 aromatic rings. The molecule has 160 valence electrons. The van der Waals surface area contributed by atoms with Crippen molar-refractivity contribution in [3.8, 4) is 0 Å². The Kier molecular flexibility index (Phi) is 5.70. The Morgan fingerprint density at radius 1 is 1.10 bits per heavy atom. The van der Waals surface area contributed by atoms with E-state index in [-0.39, 0.29) is 11.8 Å². The summed E-state index contributed by atoms with van der Waals surface area (Å²) in [6.07, 6.45) is 3.55. The summed E-state index contributed by atoms with van der Waals surface area (Å²) in [4.78, 5) is 33.4. The van der Waals surface area contributed by atoms with Gasteiger partial charge in [-0.2, -0.15) is 0 Å². The number of carbonyl (C=O) groups excluding carboxylic acids is 2. The van der Waals surface area contributed by atoms with E-state index in [1.807, 2.05) is 30.3 Å². The van der Waals surface area contributed by atoms with Gasteiger partial charge in [-0.05, 0) is 62.7 Å². The maximum absolute atomic E-state index is 12.6. The summed E-state index contributed by atoms with van der Waals surface area (Å²) in [5, 5.41) is 4.22. The lowest BCUT2D eigenvalue weighted by Gasteiger charge is -2.30. The van der Waals surface area contributed by atoms with Crippen molar-refractivity contribution < 1.29 is 9.59 Å². The molecule has 6 nitrogen and oxygen atoms in total. The topological polar surface area (TPSA) is 65.5 Å². The Hall–Kier alpha value is -2.77. The maximum atomic E-state index is 12.6. The van der Waals surface area contributed by atoms with Crippen molar-refractivity contribution in [2.75, 3.05) is 36.4 Å². The first-order valence-corrected chi connectivity index (χ1v) is 11.8. The lowest BCUT2D eigenvalue weighted by molar-refractivity contribution is -0.118. The van der Waals surface area contributed by atoms with Gasteiger partial charge in [-0.25, -0.2) is 4.98 Å². The Labute approximate surface area is 185 Å². The minimum absolute atomic E-state index is 0.0108. The van der Waals surface area contributed by atoms with Crippen molar-refractivity contribution in [2.45, 2.75) is 31.6 Å². The number of anilines is 2. The van der Waals surface area contributed by atoms with Crippen molar-refractivity contribution in [2.24, 2.45) is 0 Å². The second-order valence-electron chi connectivity index (χ2n) is 8.32. The summed E-state index contributed by atoms with van der Waals surface area (Å²) in [6, 6.07) is 15.9. The zero-order chi connectivity index (χ0) is 21.2. The number of rotatable bonds is 5. The SMILES string of the molecule is O=C(CN1CCC(c2nc3ccccc3s2)CC1)Nc1cccc(N2CCCC2=O)c1. The van der Waals surface area contributed by atoms with Crippen molar-refractivity contribution in [1.82, 2.24) is 9.88 Å². The van der Waals surface area contributed by atoms with Crippen LogP contribution >= 0.6 is 11.3 Å². The summed E-state index contributed by atoms with van der Waals surface area (Å²) >= 11 is 1.80. The molecule has 2 saturated heterocycles. The van der Waals surface area contributed by atoms with Crippen molar-refractivity contribution in [1.29, 1.82) is 0 Å². The number of aromatic nitrogens is 1. The van der Waals surface area contributed by atoms with Gasteiger partial charge in [-0.3, -0.25) is 14.5 Å². The third kappa shape index (κ3) is 4.48. The summed E-state index contributed by atoms with van der Waals surface area (Å²) in [6.45, 7) is 2.94. The molecule has 2 aliphatic heterocycles. The van der Waals surface area contributed by atoms with Gasteiger partial charge >= 0.3 is 0 Å². The first-order chi connectivity index (χ1) is 15.2. The van der Waals surface area contributed by atoms with Gasteiger partial charge in [0.15, 0.2) is 0 Å². The number of nitrogens with zero attached hydrogens (tertiary/aromatic N) is 3. The normalized spacial score (nSPS) is 18.1. The van der Waals surface area contributed by atoms with Crippen LogP contribution in [0.2, 0.25) is 0 Å². The molecule has 2 fully saturated rings. The molecule has 0 spiro atoms. The number of para-hydroxylation sites is 1. The molecule has 1 aromatic heterocycles. The predicted molar refractivity (Wildman–Crippen MR) is 125 cm³/mol. The van der Waals surface area contributed by atoms with E-state index in [2.05, 4.69) is 28.4 Å². The predicted octanol–water partition coefficient (Wildman–Crippen LogP) is 4.24. The average molecular weight is 435 g/mol. The van der Waals surface area contributed by atoms with Crippen LogP contribution in [0.1, 0.15) is 36.6 Å². The number of hydrogen-bond acceptors (Lipinski definition) is 5. The molecule has 31 heavy (non-hydrogen) atoms. The lowest BCUT2D eigenvalue weighted by atomic mass is 9.97. The van der Waals surface area contributed by atoms with Crippen LogP contribution in [0.4, 0.5) is 11.4 Å². The van der Waals surface area contributed by atoms with Crippen molar-refractivity contribution in [3.63, 3.8) is 0 Å². The van der Waals surface area contributed by atoms with Gasteiger partial charge < -0.3 is 10.2 Å². The first kappa shape index (κ1) is 20.2. The summed E-state index contributed by atoms with van der Waals surface area (Å²) < 4.78 is 1.25. The molecule has 0 unspecified atom stereocenters. The molecule has 0 radical (unpaired) electrons. The van der Waals surface area contributed by atoms with Crippen LogP contribution < -0.4 is 10.2 Å². The lowest BCUT2D eigenvalue weighted by Crippen LogP contribution is -2.38. The highest BCUT2D eigenvalue weighted by Gasteiger charge is 2.25. The monoisotopic (exact) mass is 434 g/mol. The van der Waals surface area contributed by atoms with Gasteiger partial charge in [0.2, 0.25) is 11.8 Å². The second kappa shape index (κ2) is 8.77. The molecule has 7 heteroatoms. The Balaban J connectivity index is 1.14. The molecule has 0 saturated carbocycles. The number of fused-ring (bicyclic) bond motifs is 1. The number of benzene rings is 2. The van der Waals surface area contributed by atoms with Crippen LogP contribution in [0.3, 0.4) is 0 Å². The van der Waals surface area contributed by atoms with Gasteiger partial charge in [0.25, 0.3) is 0 Å². The molecule has 2 aliphatic rings. The van der Waals surface area contributed by atoms with Gasteiger partial charge in [0.1, 0.15) is 0 Å². The van der Waals surface area contributed by atoms with E-state index in [1.54, 1.807) is 16.2 Å². The molecule has 3 heterocycles. The smallest absolute Gasteiger partial charge is 0.238 e. The van der Waals surface area contributed by atoms with E-state index in [9.17, 15) is 9.59 Å². The number of nitrogens with one attached hydrogen (secondary N) is 1. The zero-order valence-electron chi connectivity index (χ0n) is 17.4. The summed E-state index contributed by atoms with van der Waals surface area (Å²) in [7, 11) is 0. The van der Waals surface area contributed by atoms with Gasteiger partial charge in [0, 0.05) is 30.3 Å². The first-order valence-electron chi connectivity index (χ1n) is 10.9. The van der Waals surface area contributed by atoms with Crippen LogP contribution in [0.15, 0.2) is 48.5 Å². The molecular formula is C24H26N4O2S. The summed E-state index contributed by atoms with van der Waals surface area (Å²) in [5.41, 5.74) is 2.69. The number of amides is 2. The molecule has 2 amide bonds. The molecule has 1 N–H and O–H groups in total. The van der Waals surface area contributed by atoms with Gasteiger partial charge in [-0.1, -0.05) is 18.2 Å². The fourth-order valence-electron chi connectivity index (χ4n) is 4.48. The van der Waals surface area contributed by atoms with Crippen molar-refractivity contribution in [3.05, 3.63) is 53.5 Å². The number of piperidine rings is 1. The quantitative estimate of drug-likeness (QED) is 0.652. The Bertz CT molecular complexity index is 1070. The second-order valence-corrected chi connectivity index (χ2v) is 9.38. The molecule has 5 rings (SSSR count). The van der Waals surface area contributed by atoms with Crippen molar-refractivity contribution >= 4 is 44.7 Å². The van der Waals surface area contributed by atoms with Crippen LogP contribution in [-0.4, -0.2) is 47.9 Å². The standard InChI is InChI=1S/C24H26N4O2S/c29-22(25-18-5-3-6-19(15-18)28-12-4-9-23(28)30)16-27-13-10-17(11-14-27)24-26-20-7-1-2-8-21(20)31-24/h1-3,5-8,15,17H,4,9-14,16H2,(H,25,29). The van der Waals surface area contributed by atoms with E-state index in [0.717, 1.165) is 55.8 Å². The molecule has 0 aliphatic carbocycles. The molecular weight excluding hydrogens is 408 g/mol. The van der Waals surface area contributed by atoms with Crippen LogP contribution in [0.25, 0.3) is 10.2 Å². The minimum Gasteiger partial charge on any atom is -0.325 e. The van der Waals surface area contributed by atoms with E-state index >= 15 is 0 Å². The van der Waals surface area contributed by atoms with Gasteiger partial charge in [0.05, 0.1) is 21.8 Å². The number of likely N-dealkylation sites (tertiary alicyclic amines) is 1. The van der Waals surface area contributed by atoms with E-state index in [4.69, 9.17) is 4.98 Å². The van der Waals surface area contributed by atoms with Crippen LogP contribution in [-0.2, 0) is 9.59 Å². The third-order valence-electron chi connectivity index (χ3n) is 6.13. The molecule has 0 bridgehead atoms. The fourth-order valence-corrected chi connectivity index (χ4v) is 5.62.